The summed E-state index contributed by atoms with van der Waals surface area (Å²) >= 11 is 0. The number of piperidine rings is 1. The topological polar surface area (TPSA) is 47.7 Å². The average Bonchev–Trinajstić information content (AvgIpc) is 2.23. The van der Waals surface area contributed by atoms with Crippen molar-refractivity contribution in [3.05, 3.63) is 0 Å². The molecule has 82 valence electrons. The van der Waals surface area contributed by atoms with Crippen LogP contribution < -0.4 is 5.84 Å². The molecule has 2 heterocycles. The van der Waals surface area contributed by atoms with Crippen LogP contribution in [0.5, 0.6) is 0 Å². The van der Waals surface area contributed by atoms with Crippen molar-refractivity contribution in [2.45, 2.75) is 37.4 Å². The first-order valence-electron chi connectivity index (χ1n) is 5.40. The van der Waals surface area contributed by atoms with Crippen LogP contribution in [-0.2, 0) is 9.47 Å². The predicted molar refractivity (Wildman–Crippen MR) is 53.7 cm³/mol. The van der Waals surface area contributed by atoms with Crippen molar-refractivity contribution < 1.29 is 9.47 Å². The van der Waals surface area contributed by atoms with Gasteiger partial charge in [-0.05, 0) is 19.3 Å². The molecular formula is C10H20N2O2. The zero-order valence-electron chi connectivity index (χ0n) is 8.87. The largest absolute Gasteiger partial charge is 0.381 e. The third-order valence-corrected chi connectivity index (χ3v) is 3.49. The van der Waals surface area contributed by atoms with Crippen LogP contribution in [-0.4, -0.2) is 43.5 Å². The number of rotatable bonds is 1. The molecule has 1 spiro atoms. The SMILES string of the molecule is CO[C@@H]1CCOC2(CCN(N)CC2)C1. The van der Waals surface area contributed by atoms with Crippen LogP contribution in [0.4, 0.5) is 0 Å². The van der Waals surface area contributed by atoms with E-state index in [0.29, 0.717) is 6.10 Å². The quantitative estimate of drug-likeness (QED) is 0.627. The van der Waals surface area contributed by atoms with Crippen molar-refractivity contribution in [1.29, 1.82) is 0 Å². The fourth-order valence-electron chi connectivity index (χ4n) is 2.46. The molecule has 0 aromatic heterocycles. The Morgan fingerprint density at radius 2 is 2.14 bits per heavy atom. The number of hydrazine groups is 1. The second-order valence-electron chi connectivity index (χ2n) is 4.42. The summed E-state index contributed by atoms with van der Waals surface area (Å²) in [6, 6.07) is 0. The van der Waals surface area contributed by atoms with Gasteiger partial charge in [0, 0.05) is 33.2 Å². The molecule has 0 unspecified atom stereocenters. The van der Waals surface area contributed by atoms with E-state index < -0.39 is 0 Å². The molecule has 2 saturated heterocycles. The highest BCUT2D eigenvalue weighted by Crippen LogP contribution is 2.35. The third kappa shape index (κ3) is 2.08. The maximum Gasteiger partial charge on any atom is 0.0732 e. The second kappa shape index (κ2) is 4.14. The Hall–Kier alpha value is -0.160. The van der Waals surface area contributed by atoms with Crippen LogP contribution in [0.3, 0.4) is 0 Å². The fraction of sp³-hybridized carbons (Fsp3) is 1.00. The molecule has 0 bridgehead atoms. The van der Waals surface area contributed by atoms with Gasteiger partial charge < -0.3 is 9.47 Å². The van der Waals surface area contributed by atoms with E-state index in [1.807, 2.05) is 5.01 Å². The zero-order valence-corrected chi connectivity index (χ0v) is 8.87. The highest BCUT2D eigenvalue weighted by molar-refractivity contribution is 4.91. The van der Waals surface area contributed by atoms with Crippen LogP contribution in [0.15, 0.2) is 0 Å². The molecule has 2 aliphatic rings. The summed E-state index contributed by atoms with van der Waals surface area (Å²) in [6.45, 7) is 2.72. The molecule has 4 heteroatoms. The van der Waals surface area contributed by atoms with Crippen LogP contribution >= 0.6 is 0 Å². The number of nitrogens with two attached hydrogens (primary N) is 1. The van der Waals surface area contributed by atoms with Crippen molar-refractivity contribution in [3.63, 3.8) is 0 Å². The summed E-state index contributed by atoms with van der Waals surface area (Å²) in [5.74, 6) is 5.74. The molecule has 0 amide bonds. The van der Waals surface area contributed by atoms with Gasteiger partial charge in [0.25, 0.3) is 0 Å². The van der Waals surface area contributed by atoms with Crippen molar-refractivity contribution in [2.75, 3.05) is 26.8 Å². The highest BCUT2D eigenvalue weighted by atomic mass is 16.5. The van der Waals surface area contributed by atoms with E-state index >= 15 is 0 Å². The van der Waals surface area contributed by atoms with Gasteiger partial charge in [-0.1, -0.05) is 0 Å². The molecule has 2 N–H and O–H groups in total. The lowest BCUT2D eigenvalue weighted by atomic mass is 9.84. The minimum Gasteiger partial charge on any atom is -0.381 e. The summed E-state index contributed by atoms with van der Waals surface area (Å²) in [4.78, 5) is 0. The Kier molecular flexibility index (Phi) is 3.07. The summed E-state index contributed by atoms with van der Waals surface area (Å²) in [5.41, 5.74) is 0.0643. The fourth-order valence-corrected chi connectivity index (χ4v) is 2.46. The molecule has 2 aliphatic heterocycles. The lowest BCUT2D eigenvalue weighted by Gasteiger charge is -2.44. The van der Waals surface area contributed by atoms with Gasteiger partial charge in [-0.15, -0.1) is 0 Å². The summed E-state index contributed by atoms with van der Waals surface area (Å²) in [7, 11) is 1.79. The van der Waals surface area contributed by atoms with Gasteiger partial charge in [-0.2, -0.15) is 0 Å². The van der Waals surface area contributed by atoms with Gasteiger partial charge in [0.2, 0.25) is 0 Å². The van der Waals surface area contributed by atoms with Gasteiger partial charge in [-0.25, -0.2) is 5.01 Å². The molecule has 0 saturated carbocycles. The maximum absolute atomic E-state index is 5.92. The average molecular weight is 200 g/mol. The molecule has 2 rings (SSSR count). The molecule has 14 heavy (non-hydrogen) atoms. The van der Waals surface area contributed by atoms with Gasteiger partial charge in [0.05, 0.1) is 11.7 Å². The van der Waals surface area contributed by atoms with Crippen molar-refractivity contribution in [1.82, 2.24) is 5.01 Å². The predicted octanol–water partition coefficient (Wildman–Crippen LogP) is 0.520. The first-order valence-corrected chi connectivity index (χ1v) is 5.40. The zero-order chi connectivity index (χ0) is 10.0. The Morgan fingerprint density at radius 1 is 1.43 bits per heavy atom. The van der Waals surface area contributed by atoms with Crippen LogP contribution in [0.1, 0.15) is 25.7 Å². The van der Waals surface area contributed by atoms with Gasteiger partial charge >= 0.3 is 0 Å². The van der Waals surface area contributed by atoms with E-state index in [1.165, 1.54) is 0 Å². The van der Waals surface area contributed by atoms with E-state index in [1.54, 1.807) is 7.11 Å². The molecule has 0 aromatic carbocycles. The van der Waals surface area contributed by atoms with Crippen LogP contribution in [0.25, 0.3) is 0 Å². The van der Waals surface area contributed by atoms with E-state index in [4.69, 9.17) is 15.3 Å². The molecule has 0 radical (unpaired) electrons. The molecular weight excluding hydrogens is 180 g/mol. The third-order valence-electron chi connectivity index (χ3n) is 3.49. The van der Waals surface area contributed by atoms with Crippen LogP contribution in [0.2, 0.25) is 0 Å². The van der Waals surface area contributed by atoms with Crippen molar-refractivity contribution >= 4 is 0 Å². The molecule has 1 atom stereocenters. The van der Waals surface area contributed by atoms with E-state index in [0.717, 1.165) is 45.4 Å². The molecule has 0 aliphatic carbocycles. The standard InChI is InChI=1S/C10H20N2O2/c1-13-9-2-7-14-10(8-9)3-5-12(11)6-4-10/h9H,2-8,11H2,1H3/t9-/m1/s1. The molecule has 0 aromatic rings. The second-order valence-corrected chi connectivity index (χ2v) is 4.42. The van der Waals surface area contributed by atoms with Crippen molar-refractivity contribution in [2.24, 2.45) is 5.84 Å². The van der Waals surface area contributed by atoms with Gasteiger partial charge in [0.1, 0.15) is 0 Å². The first-order chi connectivity index (χ1) is 6.74. The highest BCUT2D eigenvalue weighted by Gasteiger charge is 2.39. The van der Waals surface area contributed by atoms with Gasteiger partial charge in [0.15, 0.2) is 0 Å². The summed E-state index contributed by atoms with van der Waals surface area (Å²) in [5, 5.41) is 1.88. The lowest BCUT2D eigenvalue weighted by Crippen LogP contribution is -2.52. The smallest absolute Gasteiger partial charge is 0.0732 e. The van der Waals surface area contributed by atoms with E-state index in [9.17, 15) is 0 Å². The molecule has 2 fully saturated rings. The van der Waals surface area contributed by atoms with E-state index in [2.05, 4.69) is 0 Å². The number of hydrogen-bond donors (Lipinski definition) is 1. The monoisotopic (exact) mass is 200 g/mol. The maximum atomic E-state index is 5.92. The normalized spacial score (nSPS) is 33.4. The summed E-state index contributed by atoms with van der Waals surface area (Å²) < 4.78 is 11.3. The number of ether oxygens (including phenoxy) is 2. The Balaban J connectivity index is 1.94. The Labute approximate surface area is 85.3 Å². The van der Waals surface area contributed by atoms with Crippen LogP contribution in [0, 0.1) is 0 Å². The summed E-state index contributed by atoms with van der Waals surface area (Å²) in [6.07, 6.45) is 4.54. The molecule has 4 nitrogen and oxygen atoms in total. The number of hydrogen-bond acceptors (Lipinski definition) is 4. The minimum absolute atomic E-state index is 0.0643. The van der Waals surface area contributed by atoms with Crippen molar-refractivity contribution in [3.8, 4) is 0 Å². The Bertz CT molecular complexity index is 191. The first kappa shape index (κ1) is 10.4. The minimum atomic E-state index is 0.0643. The van der Waals surface area contributed by atoms with Gasteiger partial charge in [-0.3, -0.25) is 5.84 Å². The number of methoxy groups -OCH3 is 1. The van der Waals surface area contributed by atoms with E-state index in [-0.39, 0.29) is 5.60 Å². The lowest BCUT2D eigenvalue weighted by molar-refractivity contribution is -0.149. The Morgan fingerprint density at radius 3 is 2.79 bits per heavy atom. The number of nitrogens with zero attached hydrogens (tertiary/aromatic N) is 1.